The maximum Gasteiger partial charge on any atom is 0.161 e. The van der Waals surface area contributed by atoms with Crippen molar-refractivity contribution in [2.45, 2.75) is 25.8 Å². The van der Waals surface area contributed by atoms with Gasteiger partial charge in [-0.25, -0.2) is 0 Å². The number of rotatable bonds is 6. The molecule has 0 N–H and O–H groups in total. The Bertz CT molecular complexity index is 551. The van der Waals surface area contributed by atoms with Crippen LogP contribution in [0.1, 0.15) is 24.8 Å². The van der Waals surface area contributed by atoms with Crippen molar-refractivity contribution < 1.29 is 9.47 Å². The third-order valence-corrected chi connectivity index (χ3v) is 5.21. The fraction of sp³-hybridized carbons (Fsp3) is 0.600. The Balaban J connectivity index is 1.47. The number of nitrogens with zero attached hydrogens (tertiary/aromatic N) is 2. The van der Waals surface area contributed by atoms with E-state index < -0.39 is 0 Å². The molecule has 4 nitrogen and oxygen atoms in total. The zero-order chi connectivity index (χ0) is 16.8. The van der Waals surface area contributed by atoms with Crippen molar-refractivity contribution in [3.63, 3.8) is 0 Å². The first-order valence-corrected chi connectivity index (χ1v) is 9.09. The molecule has 0 unspecified atom stereocenters. The molecule has 2 aliphatic rings. The van der Waals surface area contributed by atoms with Crippen LogP contribution in [0.15, 0.2) is 30.4 Å². The van der Waals surface area contributed by atoms with Crippen LogP contribution in [-0.4, -0.2) is 56.7 Å². The molecule has 0 amide bonds. The van der Waals surface area contributed by atoms with Gasteiger partial charge in [-0.05, 0) is 42.9 Å². The van der Waals surface area contributed by atoms with Crippen LogP contribution in [0.4, 0.5) is 0 Å². The summed E-state index contributed by atoms with van der Waals surface area (Å²) in [5, 5.41) is 0. The Kier molecular flexibility index (Phi) is 6.16. The van der Waals surface area contributed by atoms with Crippen LogP contribution in [0.3, 0.4) is 0 Å². The highest BCUT2D eigenvalue weighted by atomic mass is 16.5. The van der Waals surface area contributed by atoms with Crippen molar-refractivity contribution in [1.29, 1.82) is 0 Å². The Morgan fingerprint density at radius 1 is 0.958 bits per heavy atom. The SMILES string of the molecule is COc1ccc(CN2CCN(C[C@@H]3CC=CCC3)CC2)cc1OC. The summed E-state index contributed by atoms with van der Waals surface area (Å²) in [5.74, 6) is 2.49. The summed E-state index contributed by atoms with van der Waals surface area (Å²) >= 11 is 0. The first kappa shape index (κ1) is 17.3. The lowest BCUT2D eigenvalue weighted by molar-refractivity contribution is 0.111. The summed E-state index contributed by atoms with van der Waals surface area (Å²) in [7, 11) is 3.37. The minimum atomic E-state index is 0.799. The van der Waals surface area contributed by atoms with Crippen molar-refractivity contribution >= 4 is 0 Å². The number of benzene rings is 1. The standard InChI is InChI=1S/C20H30N2O2/c1-23-19-9-8-18(14-20(19)24-2)16-22-12-10-21(11-13-22)15-17-6-4-3-5-7-17/h3-4,8-9,14,17H,5-7,10-13,15-16H2,1-2H3/t17-/m1/s1. The zero-order valence-electron chi connectivity index (χ0n) is 15.0. The smallest absolute Gasteiger partial charge is 0.161 e. The molecule has 1 aliphatic heterocycles. The van der Waals surface area contributed by atoms with Crippen molar-refractivity contribution in [3.8, 4) is 11.5 Å². The van der Waals surface area contributed by atoms with Gasteiger partial charge in [-0.1, -0.05) is 18.2 Å². The third kappa shape index (κ3) is 4.52. The number of methoxy groups -OCH3 is 2. The van der Waals surface area contributed by atoms with Crippen LogP contribution >= 0.6 is 0 Å². The molecule has 1 atom stereocenters. The fourth-order valence-corrected chi connectivity index (χ4v) is 3.75. The van der Waals surface area contributed by atoms with E-state index in [0.29, 0.717) is 0 Å². The Morgan fingerprint density at radius 2 is 1.71 bits per heavy atom. The van der Waals surface area contributed by atoms with Crippen molar-refractivity contribution in [2.24, 2.45) is 5.92 Å². The zero-order valence-corrected chi connectivity index (χ0v) is 15.0. The highest BCUT2D eigenvalue weighted by Crippen LogP contribution is 2.28. The van der Waals surface area contributed by atoms with Crippen molar-refractivity contribution in [3.05, 3.63) is 35.9 Å². The Hall–Kier alpha value is -1.52. The van der Waals surface area contributed by atoms with Gasteiger partial charge in [-0.3, -0.25) is 4.90 Å². The fourth-order valence-electron chi connectivity index (χ4n) is 3.75. The number of hydrogen-bond donors (Lipinski definition) is 0. The summed E-state index contributed by atoms with van der Waals surface area (Å²) in [6.45, 7) is 6.93. The predicted molar refractivity (Wildman–Crippen MR) is 97.7 cm³/mol. The van der Waals surface area contributed by atoms with Gasteiger partial charge in [-0.15, -0.1) is 0 Å². The maximum atomic E-state index is 5.41. The average Bonchev–Trinajstić information content (AvgIpc) is 2.64. The second-order valence-corrected chi connectivity index (χ2v) is 6.92. The van der Waals surface area contributed by atoms with E-state index in [4.69, 9.17) is 9.47 Å². The normalized spacial score (nSPS) is 22.5. The highest BCUT2D eigenvalue weighted by Gasteiger charge is 2.20. The van der Waals surface area contributed by atoms with Crippen molar-refractivity contribution in [1.82, 2.24) is 9.80 Å². The minimum absolute atomic E-state index is 0.799. The second kappa shape index (κ2) is 8.54. The predicted octanol–water partition coefficient (Wildman–Crippen LogP) is 3.18. The summed E-state index contributed by atoms with van der Waals surface area (Å²) in [4.78, 5) is 5.19. The molecule has 3 rings (SSSR count). The Morgan fingerprint density at radius 3 is 2.38 bits per heavy atom. The van der Waals surface area contributed by atoms with Gasteiger partial charge in [0.25, 0.3) is 0 Å². The molecule has 132 valence electrons. The molecule has 1 saturated heterocycles. The molecule has 1 aliphatic carbocycles. The lowest BCUT2D eigenvalue weighted by atomic mass is 9.94. The van der Waals surface area contributed by atoms with Gasteiger partial charge in [-0.2, -0.15) is 0 Å². The topological polar surface area (TPSA) is 24.9 Å². The van der Waals surface area contributed by atoms with Crippen LogP contribution in [0.5, 0.6) is 11.5 Å². The molecule has 4 heteroatoms. The number of piperazine rings is 1. The average molecular weight is 330 g/mol. The molecule has 1 aromatic carbocycles. The summed E-state index contributed by atoms with van der Waals surface area (Å²) < 4.78 is 10.7. The molecular weight excluding hydrogens is 300 g/mol. The van der Waals surface area contributed by atoms with Crippen LogP contribution in [0, 0.1) is 5.92 Å². The van der Waals surface area contributed by atoms with Gasteiger partial charge in [0.1, 0.15) is 0 Å². The molecule has 24 heavy (non-hydrogen) atoms. The van der Waals surface area contributed by atoms with Crippen LogP contribution in [0.2, 0.25) is 0 Å². The molecule has 0 radical (unpaired) electrons. The van der Waals surface area contributed by atoms with E-state index in [-0.39, 0.29) is 0 Å². The quantitative estimate of drug-likeness (QED) is 0.748. The Labute approximate surface area is 146 Å². The third-order valence-electron chi connectivity index (χ3n) is 5.21. The van der Waals surface area contributed by atoms with Crippen LogP contribution in [0.25, 0.3) is 0 Å². The van der Waals surface area contributed by atoms with E-state index in [0.717, 1.165) is 37.1 Å². The van der Waals surface area contributed by atoms with E-state index >= 15 is 0 Å². The first-order valence-electron chi connectivity index (χ1n) is 9.09. The largest absolute Gasteiger partial charge is 0.493 e. The van der Waals surface area contributed by atoms with Crippen LogP contribution in [-0.2, 0) is 6.54 Å². The van der Waals surface area contributed by atoms with Gasteiger partial charge in [0.05, 0.1) is 14.2 Å². The number of allylic oxidation sites excluding steroid dienone is 2. The summed E-state index contributed by atoms with van der Waals surface area (Å²) in [6.07, 6.45) is 8.59. The molecule has 0 saturated carbocycles. The lowest BCUT2D eigenvalue weighted by Crippen LogP contribution is -2.47. The van der Waals surface area contributed by atoms with E-state index in [2.05, 4.69) is 34.1 Å². The second-order valence-electron chi connectivity index (χ2n) is 6.92. The van der Waals surface area contributed by atoms with Gasteiger partial charge >= 0.3 is 0 Å². The van der Waals surface area contributed by atoms with Crippen molar-refractivity contribution in [2.75, 3.05) is 46.9 Å². The highest BCUT2D eigenvalue weighted by molar-refractivity contribution is 5.42. The maximum absolute atomic E-state index is 5.41. The van der Waals surface area contributed by atoms with Gasteiger partial charge < -0.3 is 14.4 Å². The minimum Gasteiger partial charge on any atom is -0.493 e. The van der Waals surface area contributed by atoms with Gasteiger partial charge in [0, 0.05) is 39.3 Å². The molecular formula is C20H30N2O2. The summed E-state index contributed by atoms with van der Waals surface area (Å²) in [5.41, 5.74) is 1.29. The van der Waals surface area contributed by atoms with E-state index in [9.17, 15) is 0 Å². The monoisotopic (exact) mass is 330 g/mol. The molecule has 1 heterocycles. The molecule has 0 bridgehead atoms. The van der Waals surface area contributed by atoms with Crippen LogP contribution < -0.4 is 9.47 Å². The molecule has 1 fully saturated rings. The van der Waals surface area contributed by atoms with E-state index in [1.807, 2.05) is 6.07 Å². The number of hydrogen-bond acceptors (Lipinski definition) is 4. The molecule has 0 aromatic heterocycles. The van der Waals surface area contributed by atoms with E-state index in [1.165, 1.54) is 44.5 Å². The van der Waals surface area contributed by atoms with Gasteiger partial charge in [0.15, 0.2) is 11.5 Å². The molecule has 0 spiro atoms. The number of ether oxygens (including phenoxy) is 2. The summed E-state index contributed by atoms with van der Waals surface area (Å²) in [6, 6.07) is 6.24. The van der Waals surface area contributed by atoms with Gasteiger partial charge in [0.2, 0.25) is 0 Å². The molecule has 1 aromatic rings. The van der Waals surface area contributed by atoms with E-state index in [1.54, 1.807) is 14.2 Å². The lowest BCUT2D eigenvalue weighted by Gasteiger charge is -2.36. The first-order chi connectivity index (χ1) is 11.8.